The number of rotatable bonds is 1. The van der Waals surface area contributed by atoms with Crippen molar-refractivity contribution in [1.82, 2.24) is 15.1 Å². The van der Waals surface area contributed by atoms with Crippen LogP contribution < -0.4 is 5.32 Å². The molecule has 3 atom stereocenters. The molecule has 20 heavy (non-hydrogen) atoms. The number of hydrogen-bond donors (Lipinski definition) is 1. The molecule has 3 heterocycles. The molecular weight excluding hydrogens is 254 g/mol. The Morgan fingerprint density at radius 2 is 2.10 bits per heavy atom. The predicted molar refractivity (Wildman–Crippen MR) is 76.1 cm³/mol. The number of amides is 2. The number of likely N-dealkylation sites (tertiary alicyclic amines) is 2. The summed E-state index contributed by atoms with van der Waals surface area (Å²) in [6.45, 7) is 3.53. The largest absolute Gasteiger partial charge is 0.355 e. The standard InChI is InChI=1S/C15H25N3O2/c1-17-7-2-3-12-10-18(8-6-13(12)17)15(20)11-4-5-14(19)16-9-11/h11-13H,2-10H2,1H3,(H,16,19). The van der Waals surface area contributed by atoms with Gasteiger partial charge in [-0.3, -0.25) is 9.59 Å². The highest BCUT2D eigenvalue weighted by Gasteiger charge is 2.37. The molecular formula is C15H25N3O2. The molecule has 3 saturated heterocycles. The maximum atomic E-state index is 12.6. The fourth-order valence-corrected chi connectivity index (χ4v) is 4.05. The number of carbonyl (C=O) groups is 2. The molecule has 0 aliphatic carbocycles. The molecule has 0 bridgehead atoms. The molecule has 0 aromatic heterocycles. The van der Waals surface area contributed by atoms with Gasteiger partial charge >= 0.3 is 0 Å². The number of nitrogens with zero attached hydrogens (tertiary/aromatic N) is 2. The van der Waals surface area contributed by atoms with Crippen LogP contribution in [0.3, 0.4) is 0 Å². The fourth-order valence-electron chi connectivity index (χ4n) is 4.05. The highest BCUT2D eigenvalue weighted by molar-refractivity contribution is 5.83. The molecule has 3 aliphatic rings. The Bertz CT molecular complexity index is 389. The first-order chi connectivity index (χ1) is 9.65. The van der Waals surface area contributed by atoms with Gasteiger partial charge in [0.05, 0.1) is 5.92 Å². The predicted octanol–water partition coefficient (Wildman–Crippen LogP) is 0.455. The van der Waals surface area contributed by atoms with Crippen molar-refractivity contribution in [2.75, 3.05) is 33.2 Å². The Hall–Kier alpha value is -1.10. The van der Waals surface area contributed by atoms with E-state index in [0.29, 0.717) is 24.9 Å². The first-order valence-corrected chi connectivity index (χ1v) is 7.91. The van der Waals surface area contributed by atoms with E-state index >= 15 is 0 Å². The lowest BCUT2D eigenvalue weighted by molar-refractivity contribution is -0.140. The lowest BCUT2D eigenvalue weighted by atomic mass is 9.83. The van der Waals surface area contributed by atoms with Gasteiger partial charge in [-0.1, -0.05) is 0 Å². The number of hydrogen-bond acceptors (Lipinski definition) is 3. The van der Waals surface area contributed by atoms with Gasteiger partial charge in [0.2, 0.25) is 11.8 Å². The molecule has 3 fully saturated rings. The van der Waals surface area contributed by atoms with Crippen molar-refractivity contribution in [1.29, 1.82) is 0 Å². The van der Waals surface area contributed by atoms with Crippen LogP contribution in [0.15, 0.2) is 0 Å². The smallest absolute Gasteiger partial charge is 0.227 e. The summed E-state index contributed by atoms with van der Waals surface area (Å²) in [5.41, 5.74) is 0. The summed E-state index contributed by atoms with van der Waals surface area (Å²) in [4.78, 5) is 28.3. The summed E-state index contributed by atoms with van der Waals surface area (Å²) < 4.78 is 0. The molecule has 0 saturated carbocycles. The third kappa shape index (κ3) is 2.68. The molecule has 1 N–H and O–H groups in total. The molecule has 5 nitrogen and oxygen atoms in total. The van der Waals surface area contributed by atoms with Gasteiger partial charge < -0.3 is 15.1 Å². The van der Waals surface area contributed by atoms with E-state index in [1.165, 1.54) is 19.4 Å². The van der Waals surface area contributed by atoms with Gasteiger partial charge in [0.1, 0.15) is 0 Å². The average Bonchev–Trinajstić information content (AvgIpc) is 2.47. The number of nitrogens with one attached hydrogen (secondary N) is 1. The van der Waals surface area contributed by atoms with Crippen LogP contribution in [0.1, 0.15) is 32.1 Å². The Kier molecular flexibility index (Phi) is 3.96. The Balaban J connectivity index is 1.58. The zero-order valence-corrected chi connectivity index (χ0v) is 12.3. The van der Waals surface area contributed by atoms with Crippen molar-refractivity contribution in [2.24, 2.45) is 11.8 Å². The molecule has 0 aromatic rings. The number of piperidine rings is 3. The van der Waals surface area contributed by atoms with Crippen LogP contribution in [-0.4, -0.2) is 60.9 Å². The van der Waals surface area contributed by atoms with Crippen molar-refractivity contribution >= 4 is 11.8 Å². The van der Waals surface area contributed by atoms with Crippen LogP contribution in [-0.2, 0) is 9.59 Å². The second kappa shape index (κ2) is 5.72. The Morgan fingerprint density at radius 1 is 1.25 bits per heavy atom. The lowest BCUT2D eigenvalue weighted by Crippen LogP contribution is -2.55. The summed E-state index contributed by atoms with van der Waals surface area (Å²) in [5.74, 6) is 0.994. The number of fused-ring (bicyclic) bond motifs is 1. The summed E-state index contributed by atoms with van der Waals surface area (Å²) in [6.07, 6.45) is 4.82. The van der Waals surface area contributed by atoms with Crippen LogP contribution >= 0.6 is 0 Å². The second-order valence-electron chi connectivity index (χ2n) is 6.56. The van der Waals surface area contributed by atoms with Crippen molar-refractivity contribution in [3.8, 4) is 0 Å². The Labute approximate surface area is 120 Å². The van der Waals surface area contributed by atoms with Gasteiger partial charge in [-0.25, -0.2) is 0 Å². The van der Waals surface area contributed by atoms with Crippen molar-refractivity contribution in [3.05, 3.63) is 0 Å². The molecule has 112 valence electrons. The molecule has 3 unspecified atom stereocenters. The minimum Gasteiger partial charge on any atom is -0.355 e. The van der Waals surface area contributed by atoms with Crippen LogP contribution in [0.25, 0.3) is 0 Å². The van der Waals surface area contributed by atoms with E-state index in [1.807, 2.05) is 0 Å². The molecule has 3 rings (SSSR count). The molecule has 3 aliphatic heterocycles. The first-order valence-electron chi connectivity index (χ1n) is 7.91. The minimum atomic E-state index is 0.00516. The normalized spacial score (nSPS) is 35.4. The monoisotopic (exact) mass is 279 g/mol. The third-order valence-corrected chi connectivity index (χ3v) is 5.27. The van der Waals surface area contributed by atoms with E-state index < -0.39 is 0 Å². The van der Waals surface area contributed by atoms with E-state index in [4.69, 9.17) is 0 Å². The van der Waals surface area contributed by atoms with E-state index in [-0.39, 0.29) is 17.7 Å². The van der Waals surface area contributed by atoms with E-state index in [0.717, 1.165) is 25.9 Å². The highest BCUT2D eigenvalue weighted by Crippen LogP contribution is 2.30. The van der Waals surface area contributed by atoms with E-state index in [9.17, 15) is 9.59 Å². The van der Waals surface area contributed by atoms with Crippen molar-refractivity contribution in [2.45, 2.75) is 38.1 Å². The summed E-state index contributed by atoms with van der Waals surface area (Å²) in [6, 6.07) is 0.666. The van der Waals surface area contributed by atoms with E-state index in [2.05, 4.69) is 22.2 Å². The lowest BCUT2D eigenvalue weighted by Gasteiger charge is -2.46. The van der Waals surface area contributed by atoms with Crippen molar-refractivity contribution in [3.63, 3.8) is 0 Å². The Morgan fingerprint density at radius 3 is 2.85 bits per heavy atom. The zero-order chi connectivity index (χ0) is 14.1. The fraction of sp³-hybridized carbons (Fsp3) is 0.867. The third-order valence-electron chi connectivity index (χ3n) is 5.27. The number of carbonyl (C=O) groups excluding carboxylic acids is 2. The van der Waals surface area contributed by atoms with Gasteiger partial charge in [0.15, 0.2) is 0 Å². The maximum absolute atomic E-state index is 12.6. The zero-order valence-electron chi connectivity index (χ0n) is 12.3. The quantitative estimate of drug-likeness (QED) is 0.758. The molecule has 0 radical (unpaired) electrons. The topological polar surface area (TPSA) is 52.7 Å². The molecule has 0 aromatic carbocycles. The first kappa shape index (κ1) is 13.9. The minimum absolute atomic E-state index is 0.00516. The molecule has 0 spiro atoms. The van der Waals surface area contributed by atoms with E-state index in [1.54, 1.807) is 0 Å². The summed E-state index contributed by atoms with van der Waals surface area (Å²) in [7, 11) is 2.21. The summed E-state index contributed by atoms with van der Waals surface area (Å²) in [5, 5.41) is 2.82. The van der Waals surface area contributed by atoms with Gasteiger partial charge in [0, 0.05) is 32.1 Å². The maximum Gasteiger partial charge on any atom is 0.227 e. The SMILES string of the molecule is CN1CCCC2CN(C(=O)C3CCC(=O)NC3)CCC21. The molecule has 2 amide bonds. The summed E-state index contributed by atoms with van der Waals surface area (Å²) >= 11 is 0. The van der Waals surface area contributed by atoms with Crippen LogP contribution in [0.4, 0.5) is 0 Å². The van der Waals surface area contributed by atoms with Gasteiger partial charge in [-0.15, -0.1) is 0 Å². The molecule has 5 heteroatoms. The van der Waals surface area contributed by atoms with Crippen LogP contribution in [0.2, 0.25) is 0 Å². The average molecular weight is 279 g/mol. The second-order valence-corrected chi connectivity index (χ2v) is 6.56. The van der Waals surface area contributed by atoms with Crippen molar-refractivity contribution < 1.29 is 9.59 Å². The van der Waals surface area contributed by atoms with Crippen LogP contribution in [0, 0.1) is 11.8 Å². The van der Waals surface area contributed by atoms with Crippen LogP contribution in [0.5, 0.6) is 0 Å². The van der Waals surface area contributed by atoms with Gasteiger partial charge in [0.25, 0.3) is 0 Å². The highest BCUT2D eigenvalue weighted by atomic mass is 16.2. The van der Waals surface area contributed by atoms with Gasteiger partial charge in [-0.05, 0) is 45.2 Å². The van der Waals surface area contributed by atoms with Gasteiger partial charge in [-0.2, -0.15) is 0 Å².